The van der Waals surface area contributed by atoms with E-state index in [1.54, 1.807) is 0 Å². The van der Waals surface area contributed by atoms with Crippen molar-refractivity contribution in [2.45, 2.75) is 25.7 Å². The number of halogens is 1. The fraction of sp³-hybridized carbons (Fsp3) is 1.00. The van der Waals surface area contributed by atoms with Gasteiger partial charge in [0.05, 0.1) is 26.2 Å². The monoisotopic (exact) mass is 161 g/mol. The molecule has 0 saturated carbocycles. The Hall–Kier alpha value is 0.250. The molecular formula is C8H16ClN. The fourth-order valence-corrected chi connectivity index (χ4v) is 2.24. The first-order chi connectivity index (χ1) is 4.41. The smallest absolute Gasteiger partial charge is 0.0841 e. The van der Waals surface area contributed by atoms with Gasteiger partial charge in [-0.25, -0.2) is 0 Å². The summed E-state index contributed by atoms with van der Waals surface area (Å²) in [6.07, 6.45) is 6.00. The van der Waals surface area contributed by atoms with E-state index in [0.29, 0.717) is 0 Å². The molecule has 0 aromatic rings. The lowest BCUT2D eigenvalue weighted by molar-refractivity contribution is -0.967. The van der Waals surface area contributed by atoms with Crippen molar-refractivity contribution in [1.82, 2.24) is 0 Å². The summed E-state index contributed by atoms with van der Waals surface area (Å²) in [6, 6.07) is 0. The molecule has 10 heavy (non-hydrogen) atoms. The van der Waals surface area contributed by atoms with E-state index in [2.05, 4.69) is 0 Å². The Morgan fingerprint density at radius 2 is 1.10 bits per heavy atom. The molecule has 1 spiro atoms. The van der Waals surface area contributed by atoms with Gasteiger partial charge in [0.15, 0.2) is 0 Å². The predicted molar refractivity (Wildman–Crippen MR) is 38.2 cm³/mol. The van der Waals surface area contributed by atoms with Crippen LogP contribution >= 0.6 is 0 Å². The fourth-order valence-electron chi connectivity index (χ4n) is 2.24. The SMILES string of the molecule is C1CC[N+]2(CC1)CCC2.[Cl-]. The molecule has 0 radical (unpaired) electrons. The normalized spacial score (nSPS) is 28.8. The zero-order valence-corrected chi connectivity index (χ0v) is 7.24. The largest absolute Gasteiger partial charge is 1.00 e. The summed E-state index contributed by atoms with van der Waals surface area (Å²) in [5.41, 5.74) is 0. The van der Waals surface area contributed by atoms with Crippen molar-refractivity contribution in [2.24, 2.45) is 0 Å². The molecule has 0 amide bonds. The first kappa shape index (κ1) is 8.35. The van der Waals surface area contributed by atoms with Gasteiger partial charge in [-0.05, 0) is 19.3 Å². The molecule has 0 aromatic carbocycles. The van der Waals surface area contributed by atoms with Gasteiger partial charge in [-0.3, -0.25) is 0 Å². The van der Waals surface area contributed by atoms with Gasteiger partial charge in [0.2, 0.25) is 0 Å². The molecule has 60 valence electrons. The minimum atomic E-state index is 0. The summed E-state index contributed by atoms with van der Waals surface area (Å²) in [6.45, 7) is 6.00. The van der Waals surface area contributed by atoms with Crippen molar-refractivity contribution in [2.75, 3.05) is 26.2 Å². The zero-order valence-electron chi connectivity index (χ0n) is 6.48. The maximum absolute atomic E-state index is 1.50. The van der Waals surface area contributed by atoms with E-state index in [0.717, 1.165) is 0 Å². The molecule has 2 saturated heterocycles. The van der Waals surface area contributed by atoms with E-state index in [-0.39, 0.29) is 12.4 Å². The second kappa shape index (κ2) is 3.10. The summed E-state index contributed by atoms with van der Waals surface area (Å²) >= 11 is 0. The van der Waals surface area contributed by atoms with Gasteiger partial charge >= 0.3 is 0 Å². The Kier molecular flexibility index (Phi) is 2.59. The molecule has 0 N–H and O–H groups in total. The highest BCUT2D eigenvalue weighted by atomic mass is 35.5. The van der Waals surface area contributed by atoms with E-state index in [4.69, 9.17) is 0 Å². The minimum Gasteiger partial charge on any atom is -1.00 e. The van der Waals surface area contributed by atoms with Crippen molar-refractivity contribution in [3.8, 4) is 0 Å². The topological polar surface area (TPSA) is 0 Å². The zero-order chi connectivity index (χ0) is 6.16. The van der Waals surface area contributed by atoms with E-state index >= 15 is 0 Å². The van der Waals surface area contributed by atoms with Crippen LogP contribution in [0.4, 0.5) is 0 Å². The lowest BCUT2D eigenvalue weighted by Gasteiger charge is -2.48. The van der Waals surface area contributed by atoms with Crippen LogP contribution < -0.4 is 12.4 Å². The summed E-state index contributed by atoms with van der Waals surface area (Å²) in [4.78, 5) is 0. The predicted octanol–water partition coefficient (Wildman–Crippen LogP) is -1.61. The number of rotatable bonds is 0. The molecule has 2 aliphatic rings. The van der Waals surface area contributed by atoms with Crippen LogP contribution in [-0.2, 0) is 0 Å². The van der Waals surface area contributed by atoms with Crippen molar-refractivity contribution < 1.29 is 16.9 Å². The standard InChI is InChI=1S/C8H16N.ClH/c1-2-5-9(6-3-1)7-4-8-9;/h1-8H2;1H/q+1;/p-1. The molecule has 0 aliphatic carbocycles. The maximum atomic E-state index is 1.50. The number of piperidine rings is 1. The van der Waals surface area contributed by atoms with E-state index in [9.17, 15) is 0 Å². The molecule has 2 rings (SSSR count). The Morgan fingerprint density at radius 3 is 1.40 bits per heavy atom. The van der Waals surface area contributed by atoms with E-state index < -0.39 is 0 Å². The second-order valence-electron chi connectivity index (χ2n) is 3.65. The third-order valence-electron chi connectivity index (χ3n) is 3.03. The number of hydrogen-bond acceptors (Lipinski definition) is 0. The molecule has 0 atom stereocenters. The van der Waals surface area contributed by atoms with Crippen LogP contribution in [0.25, 0.3) is 0 Å². The van der Waals surface area contributed by atoms with E-state index in [1.165, 1.54) is 56.3 Å². The van der Waals surface area contributed by atoms with Crippen LogP contribution in [0.1, 0.15) is 25.7 Å². The maximum Gasteiger partial charge on any atom is 0.0841 e. The van der Waals surface area contributed by atoms with Gasteiger partial charge in [-0.1, -0.05) is 0 Å². The van der Waals surface area contributed by atoms with Gasteiger partial charge in [0.25, 0.3) is 0 Å². The average molecular weight is 162 g/mol. The first-order valence-electron chi connectivity index (χ1n) is 4.26. The number of nitrogens with zero attached hydrogens (tertiary/aromatic N) is 1. The van der Waals surface area contributed by atoms with Gasteiger partial charge < -0.3 is 16.9 Å². The highest BCUT2D eigenvalue weighted by molar-refractivity contribution is 4.60. The van der Waals surface area contributed by atoms with Gasteiger partial charge in [0.1, 0.15) is 0 Å². The van der Waals surface area contributed by atoms with Crippen molar-refractivity contribution in [1.29, 1.82) is 0 Å². The quantitative estimate of drug-likeness (QED) is 0.376. The first-order valence-corrected chi connectivity index (χ1v) is 4.26. The number of quaternary nitrogens is 1. The van der Waals surface area contributed by atoms with Crippen LogP contribution in [0.3, 0.4) is 0 Å². The molecule has 0 aromatic heterocycles. The Labute approximate surface area is 69.4 Å². The summed E-state index contributed by atoms with van der Waals surface area (Å²) < 4.78 is 1.50. The van der Waals surface area contributed by atoms with Crippen molar-refractivity contribution in [3.63, 3.8) is 0 Å². The van der Waals surface area contributed by atoms with Crippen LogP contribution in [0, 0.1) is 0 Å². The van der Waals surface area contributed by atoms with Gasteiger partial charge in [-0.15, -0.1) is 0 Å². The molecule has 0 unspecified atom stereocenters. The molecule has 2 fully saturated rings. The molecule has 2 heteroatoms. The third kappa shape index (κ3) is 1.30. The third-order valence-corrected chi connectivity index (χ3v) is 3.03. The number of hydrogen-bond donors (Lipinski definition) is 0. The second-order valence-corrected chi connectivity index (χ2v) is 3.65. The summed E-state index contributed by atoms with van der Waals surface area (Å²) in [5.74, 6) is 0. The highest BCUT2D eigenvalue weighted by Crippen LogP contribution is 2.26. The van der Waals surface area contributed by atoms with Gasteiger partial charge in [-0.2, -0.15) is 0 Å². The van der Waals surface area contributed by atoms with Crippen LogP contribution in [0.15, 0.2) is 0 Å². The molecular weight excluding hydrogens is 146 g/mol. The molecule has 2 aliphatic heterocycles. The van der Waals surface area contributed by atoms with Crippen molar-refractivity contribution in [3.05, 3.63) is 0 Å². The van der Waals surface area contributed by atoms with Crippen LogP contribution in [0.5, 0.6) is 0 Å². The summed E-state index contributed by atoms with van der Waals surface area (Å²) in [5, 5.41) is 0. The van der Waals surface area contributed by atoms with Crippen LogP contribution in [0.2, 0.25) is 0 Å². The van der Waals surface area contributed by atoms with E-state index in [1.807, 2.05) is 0 Å². The highest BCUT2D eigenvalue weighted by Gasteiger charge is 2.35. The van der Waals surface area contributed by atoms with Gasteiger partial charge in [0, 0.05) is 6.42 Å². The average Bonchev–Trinajstić information content (AvgIpc) is 1.87. The molecule has 1 nitrogen and oxygen atoms in total. The lowest BCUT2D eigenvalue weighted by Crippen LogP contribution is -3.00. The van der Waals surface area contributed by atoms with Crippen molar-refractivity contribution >= 4 is 0 Å². The molecule has 2 heterocycles. The lowest BCUT2D eigenvalue weighted by atomic mass is 10.0. The molecule has 0 bridgehead atoms. The Bertz CT molecular complexity index is 102. The summed E-state index contributed by atoms with van der Waals surface area (Å²) in [7, 11) is 0. The minimum absolute atomic E-state index is 0. The Balaban J connectivity index is 0.000000500. The van der Waals surface area contributed by atoms with Crippen LogP contribution in [-0.4, -0.2) is 30.7 Å². The Morgan fingerprint density at radius 1 is 0.600 bits per heavy atom.